The normalized spacial score (nSPS) is 14.5. The molecule has 1 saturated carbocycles. The van der Waals surface area contributed by atoms with Gasteiger partial charge in [0.2, 0.25) is 0 Å². The van der Waals surface area contributed by atoms with Crippen molar-refractivity contribution in [3.63, 3.8) is 0 Å². The summed E-state index contributed by atoms with van der Waals surface area (Å²) < 4.78 is 15.9. The first kappa shape index (κ1) is 15.6. The molecule has 2 rings (SSSR count). The summed E-state index contributed by atoms with van der Waals surface area (Å²) in [4.78, 5) is 0. The zero-order valence-corrected chi connectivity index (χ0v) is 12.6. The Hall–Kier alpha value is -0.810. The molecule has 0 atom stereocenters. The van der Waals surface area contributed by atoms with E-state index in [1.807, 2.05) is 18.2 Å². The maximum Gasteiger partial charge on any atom is 0.189 e. The predicted molar refractivity (Wildman–Crippen MR) is 79.2 cm³/mol. The Morgan fingerprint density at radius 3 is 2.90 bits per heavy atom. The summed E-state index contributed by atoms with van der Waals surface area (Å²) in [5, 5.41) is 3.89. The molecule has 112 valence electrons. The van der Waals surface area contributed by atoms with E-state index in [9.17, 15) is 0 Å². The highest BCUT2D eigenvalue weighted by atomic mass is 35.5. The van der Waals surface area contributed by atoms with Crippen molar-refractivity contribution < 1.29 is 14.2 Å². The van der Waals surface area contributed by atoms with Crippen molar-refractivity contribution in [3.05, 3.63) is 28.8 Å². The van der Waals surface area contributed by atoms with Crippen molar-refractivity contribution in [2.45, 2.75) is 19.4 Å². The fraction of sp³-hybridized carbons (Fsp3) is 0.600. The molecular formula is C15H22ClNO3. The lowest BCUT2D eigenvalue weighted by Crippen LogP contribution is -2.18. The third-order valence-electron chi connectivity index (χ3n) is 3.16. The molecule has 1 aliphatic carbocycles. The van der Waals surface area contributed by atoms with Crippen molar-refractivity contribution in [2.75, 3.05) is 33.7 Å². The van der Waals surface area contributed by atoms with Crippen LogP contribution in [0.2, 0.25) is 5.02 Å². The van der Waals surface area contributed by atoms with Gasteiger partial charge in [0.25, 0.3) is 0 Å². The lowest BCUT2D eigenvalue weighted by Gasteiger charge is -2.10. The highest BCUT2D eigenvalue weighted by Crippen LogP contribution is 2.29. The predicted octanol–water partition coefficient (Wildman–Crippen LogP) is 2.84. The molecule has 0 unspecified atom stereocenters. The average Bonchev–Trinajstić information content (AvgIpc) is 3.26. The Kier molecular flexibility index (Phi) is 6.60. The number of rotatable bonds is 10. The van der Waals surface area contributed by atoms with Gasteiger partial charge in [0.1, 0.15) is 5.75 Å². The van der Waals surface area contributed by atoms with Gasteiger partial charge in [0.15, 0.2) is 6.79 Å². The zero-order valence-electron chi connectivity index (χ0n) is 11.9. The maximum absolute atomic E-state index is 6.19. The number of benzene rings is 1. The minimum atomic E-state index is 0.266. The summed E-state index contributed by atoms with van der Waals surface area (Å²) >= 11 is 6.19. The minimum absolute atomic E-state index is 0.266. The van der Waals surface area contributed by atoms with Gasteiger partial charge in [-0.1, -0.05) is 17.7 Å². The van der Waals surface area contributed by atoms with Gasteiger partial charge in [-0.05, 0) is 36.5 Å². The number of nitrogens with one attached hydrogen (secondary N) is 1. The number of ether oxygens (including phenoxy) is 3. The van der Waals surface area contributed by atoms with Crippen LogP contribution in [0.5, 0.6) is 5.75 Å². The van der Waals surface area contributed by atoms with Crippen LogP contribution >= 0.6 is 11.6 Å². The van der Waals surface area contributed by atoms with Crippen molar-refractivity contribution in [1.82, 2.24) is 5.32 Å². The van der Waals surface area contributed by atoms with Gasteiger partial charge < -0.3 is 19.5 Å². The van der Waals surface area contributed by atoms with E-state index in [0.29, 0.717) is 17.4 Å². The SMILES string of the molecule is COCCNCc1ccc(OCOCC2CC2)c(Cl)c1. The maximum atomic E-state index is 6.19. The average molecular weight is 300 g/mol. The molecule has 0 bridgehead atoms. The van der Waals surface area contributed by atoms with Crippen LogP contribution in [-0.4, -0.2) is 33.7 Å². The van der Waals surface area contributed by atoms with Gasteiger partial charge in [-0.3, -0.25) is 0 Å². The fourth-order valence-electron chi connectivity index (χ4n) is 1.78. The third-order valence-corrected chi connectivity index (χ3v) is 3.45. The second-order valence-corrected chi connectivity index (χ2v) is 5.42. The van der Waals surface area contributed by atoms with Gasteiger partial charge in [0, 0.05) is 20.2 Å². The number of halogens is 1. The Morgan fingerprint density at radius 2 is 2.20 bits per heavy atom. The van der Waals surface area contributed by atoms with Gasteiger partial charge in [-0.25, -0.2) is 0 Å². The van der Waals surface area contributed by atoms with E-state index in [0.717, 1.165) is 31.2 Å². The first-order chi connectivity index (χ1) is 9.79. The molecule has 5 heteroatoms. The Bertz CT molecular complexity index is 410. The Balaban J connectivity index is 1.70. The molecule has 0 saturated heterocycles. The number of methoxy groups -OCH3 is 1. The molecule has 0 aromatic heterocycles. The van der Waals surface area contributed by atoms with Crippen molar-refractivity contribution >= 4 is 11.6 Å². The summed E-state index contributed by atoms with van der Waals surface area (Å²) in [5.74, 6) is 1.41. The van der Waals surface area contributed by atoms with Crippen molar-refractivity contribution in [3.8, 4) is 5.75 Å². The first-order valence-corrected chi connectivity index (χ1v) is 7.36. The summed E-state index contributed by atoms with van der Waals surface area (Å²) in [6, 6.07) is 5.80. The van der Waals surface area contributed by atoms with Gasteiger partial charge >= 0.3 is 0 Å². The van der Waals surface area contributed by atoms with Crippen LogP contribution in [0.4, 0.5) is 0 Å². The minimum Gasteiger partial charge on any atom is -0.466 e. The van der Waals surface area contributed by atoms with Gasteiger partial charge in [0.05, 0.1) is 18.2 Å². The van der Waals surface area contributed by atoms with E-state index in [1.165, 1.54) is 12.8 Å². The highest BCUT2D eigenvalue weighted by Gasteiger charge is 2.21. The van der Waals surface area contributed by atoms with Gasteiger partial charge in [-0.15, -0.1) is 0 Å². The monoisotopic (exact) mass is 299 g/mol. The van der Waals surface area contributed by atoms with E-state index >= 15 is 0 Å². The molecule has 4 nitrogen and oxygen atoms in total. The molecule has 0 heterocycles. The van der Waals surface area contributed by atoms with Gasteiger partial charge in [-0.2, -0.15) is 0 Å². The Morgan fingerprint density at radius 1 is 1.35 bits per heavy atom. The van der Waals surface area contributed by atoms with Crippen LogP contribution < -0.4 is 10.1 Å². The largest absolute Gasteiger partial charge is 0.466 e. The number of hydrogen-bond acceptors (Lipinski definition) is 4. The lowest BCUT2D eigenvalue weighted by molar-refractivity contribution is 0.0100. The second kappa shape index (κ2) is 8.47. The van der Waals surface area contributed by atoms with E-state index in [-0.39, 0.29) is 6.79 Å². The molecule has 1 aromatic carbocycles. The molecule has 1 fully saturated rings. The topological polar surface area (TPSA) is 39.7 Å². The van der Waals surface area contributed by atoms with Crippen molar-refractivity contribution in [2.24, 2.45) is 5.92 Å². The second-order valence-electron chi connectivity index (χ2n) is 5.01. The fourth-order valence-corrected chi connectivity index (χ4v) is 2.04. The van der Waals surface area contributed by atoms with Crippen LogP contribution in [0.3, 0.4) is 0 Å². The Labute approximate surface area is 125 Å². The standard InChI is InChI=1S/C15H22ClNO3/c1-18-7-6-17-9-13-4-5-15(14(16)8-13)20-11-19-10-12-2-3-12/h4-5,8,12,17H,2-3,6-7,9-11H2,1H3. The number of hydrogen-bond donors (Lipinski definition) is 1. The lowest BCUT2D eigenvalue weighted by atomic mass is 10.2. The molecular weight excluding hydrogens is 278 g/mol. The van der Waals surface area contributed by atoms with Crippen LogP contribution in [0.25, 0.3) is 0 Å². The molecule has 0 amide bonds. The van der Waals surface area contributed by atoms with Crippen molar-refractivity contribution in [1.29, 1.82) is 0 Å². The van der Waals surface area contributed by atoms with Crippen LogP contribution in [-0.2, 0) is 16.0 Å². The smallest absolute Gasteiger partial charge is 0.189 e. The molecule has 0 aliphatic heterocycles. The van der Waals surface area contributed by atoms with Crippen LogP contribution in [0.1, 0.15) is 18.4 Å². The van der Waals surface area contributed by atoms with E-state index in [1.54, 1.807) is 7.11 Å². The summed E-state index contributed by atoms with van der Waals surface area (Å²) in [5.41, 5.74) is 1.12. The molecule has 0 radical (unpaired) electrons. The van der Waals surface area contributed by atoms with E-state index in [2.05, 4.69) is 5.32 Å². The summed E-state index contributed by atoms with van der Waals surface area (Å²) in [7, 11) is 1.69. The van der Waals surface area contributed by atoms with Crippen LogP contribution in [0, 0.1) is 5.92 Å². The zero-order chi connectivity index (χ0) is 14.2. The molecule has 20 heavy (non-hydrogen) atoms. The molecule has 1 aromatic rings. The third kappa shape index (κ3) is 5.67. The summed E-state index contributed by atoms with van der Waals surface area (Å²) in [6.07, 6.45) is 2.57. The van der Waals surface area contributed by atoms with E-state index in [4.69, 9.17) is 25.8 Å². The summed E-state index contributed by atoms with van der Waals surface area (Å²) in [6.45, 7) is 3.34. The quantitative estimate of drug-likeness (QED) is 0.533. The van der Waals surface area contributed by atoms with Crippen LogP contribution in [0.15, 0.2) is 18.2 Å². The molecule has 1 aliphatic rings. The van der Waals surface area contributed by atoms with E-state index < -0.39 is 0 Å². The molecule has 1 N–H and O–H groups in total. The molecule has 0 spiro atoms. The first-order valence-electron chi connectivity index (χ1n) is 6.98. The highest BCUT2D eigenvalue weighted by molar-refractivity contribution is 6.32.